The van der Waals surface area contributed by atoms with Gasteiger partial charge in [-0.25, -0.2) is 4.68 Å². The number of halogens is 3. The topological polar surface area (TPSA) is 59.4 Å². The van der Waals surface area contributed by atoms with Crippen LogP contribution in [0.25, 0.3) is 28.3 Å². The van der Waals surface area contributed by atoms with Gasteiger partial charge in [0.1, 0.15) is 11.4 Å². The maximum atomic E-state index is 12.7. The SMILES string of the molecule is FCCCc1ccc2c(c1)CCCc1c(-c3cn[nH]n3)nn(-c3ccc(Cl)cc3Cl)c1-2. The fraction of sp³-hybridized carbons (Fsp3) is 0.261. The highest BCUT2D eigenvalue weighted by atomic mass is 35.5. The highest BCUT2D eigenvalue weighted by Crippen LogP contribution is 2.40. The van der Waals surface area contributed by atoms with Crippen molar-refractivity contribution in [3.63, 3.8) is 0 Å². The summed E-state index contributed by atoms with van der Waals surface area (Å²) in [5, 5.41) is 16.9. The van der Waals surface area contributed by atoms with Crippen LogP contribution in [0.5, 0.6) is 0 Å². The molecule has 0 atom stereocenters. The molecule has 0 saturated carbocycles. The normalized spacial score (nSPS) is 13.0. The van der Waals surface area contributed by atoms with Gasteiger partial charge in [0.25, 0.3) is 0 Å². The number of aromatic nitrogens is 5. The molecule has 0 saturated heterocycles. The van der Waals surface area contributed by atoms with Gasteiger partial charge in [-0.1, -0.05) is 41.4 Å². The van der Waals surface area contributed by atoms with E-state index in [-0.39, 0.29) is 6.67 Å². The summed E-state index contributed by atoms with van der Waals surface area (Å²) in [6.07, 6.45) is 5.75. The fourth-order valence-electron chi connectivity index (χ4n) is 4.28. The van der Waals surface area contributed by atoms with E-state index < -0.39 is 0 Å². The van der Waals surface area contributed by atoms with E-state index in [9.17, 15) is 4.39 Å². The van der Waals surface area contributed by atoms with Crippen LogP contribution in [0.3, 0.4) is 0 Å². The van der Waals surface area contributed by atoms with Crippen LogP contribution in [0.4, 0.5) is 4.39 Å². The Bertz CT molecular complexity index is 1230. The molecule has 0 bridgehead atoms. The molecule has 0 radical (unpaired) electrons. The molecule has 2 aromatic carbocycles. The molecule has 8 heteroatoms. The van der Waals surface area contributed by atoms with Crippen molar-refractivity contribution >= 4 is 23.2 Å². The summed E-state index contributed by atoms with van der Waals surface area (Å²) in [5.74, 6) is 0. The van der Waals surface area contributed by atoms with Crippen molar-refractivity contribution in [3.05, 3.63) is 69.3 Å². The molecule has 4 aromatic rings. The maximum absolute atomic E-state index is 12.7. The van der Waals surface area contributed by atoms with E-state index in [1.165, 1.54) is 5.56 Å². The molecule has 31 heavy (non-hydrogen) atoms. The largest absolute Gasteiger partial charge is 0.251 e. The maximum Gasteiger partial charge on any atom is 0.133 e. The van der Waals surface area contributed by atoms with E-state index in [2.05, 4.69) is 33.6 Å². The van der Waals surface area contributed by atoms with Gasteiger partial charge in [0, 0.05) is 16.1 Å². The minimum absolute atomic E-state index is 0.301. The van der Waals surface area contributed by atoms with Crippen LogP contribution in [0.15, 0.2) is 42.6 Å². The van der Waals surface area contributed by atoms with Crippen molar-refractivity contribution in [2.45, 2.75) is 32.1 Å². The third-order valence-corrected chi connectivity index (χ3v) is 6.21. The number of fused-ring (bicyclic) bond motifs is 3. The smallest absolute Gasteiger partial charge is 0.133 e. The number of aryl methyl sites for hydroxylation is 2. The lowest BCUT2D eigenvalue weighted by Crippen LogP contribution is -2.02. The van der Waals surface area contributed by atoms with Crippen LogP contribution in [0, 0.1) is 0 Å². The molecular formula is C23H20Cl2FN5. The van der Waals surface area contributed by atoms with Gasteiger partial charge < -0.3 is 0 Å². The molecule has 5 rings (SSSR count). The van der Waals surface area contributed by atoms with Crippen LogP contribution in [0.1, 0.15) is 29.5 Å². The average molecular weight is 456 g/mol. The molecule has 0 amide bonds. The number of H-pyrrole nitrogens is 1. The molecule has 2 aromatic heterocycles. The van der Waals surface area contributed by atoms with E-state index in [1.54, 1.807) is 12.3 Å². The predicted molar refractivity (Wildman–Crippen MR) is 121 cm³/mol. The number of nitrogens with one attached hydrogen (secondary N) is 1. The summed E-state index contributed by atoms with van der Waals surface area (Å²) in [5.41, 5.74) is 7.89. The van der Waals surface area contributed by atoms with Crippen LogP contribution in [-0.4, -0.2) is 31.9 Å². The van der Waals surface area contributed by atoms with Crippen LogP contribution in [0.2, 0.25) is 10.0 Å². The number of aromatic amines is 1. The molecule has 2 heterocycles. The van der Waals surface area contributed by atoms with E-state index in [4.69, 9.17) is 28.3 Å². The van der Waals surface area contributed by atoms with Gasteiger partial charge in [-0.3, -0.25) is 4.39 Å². The highest BCUT2D eigenvalue weighted by molar-refractivity contribution is 6.35. The van der Waals surface area contributed by atoms with Crippen molar-refractivity contribution in [2.24, 2.45) is 0 Å². The molecule has 5 nitrogen and oxygen atoms in total. The summed E-state index contributed by atoms with van der Waals surface area (Å²) in [4.78, 5) is 0. The number of benzene rings is 2. The predicted octanol–water partition coefficient (Wildman–Crippen LogP) is 6.02. The minimum Gasteiger partial charge on any atom is -0.251 e. The number of hydrogen-bond donors (Lipinski definition) is 1. The molecule has 0 aliphatic heterocycles. The highest BCUT2D eigenvalue weighted by Gasteiger charge is 2.27. The Morgan fingerprint density at radius 1 is 1.10 bits per heavy atom. The quantitative estimate of drug-likeness (QED) is 0.400. The summed E-state index contributed by atoms with van der Waals surface area (Å²) in [6, 6.07) is 11.8. The number of nitrogens with zero attached hydrogens (tertiary/aromatic N) is 4. The second kappa shape index (κ2) is 8.44. The second-order valence-electron chi connectivity index (χ2n) is 7.68. The fourth-order valence-corrected chi connectivity index (χ4v) is 4.77. The number of rotatable bonds is 5. The Morgan fingerprint density at radius 3 is 2.77 bits per heavy atom. The molecule has 1 N–H and O–H groups in total. The number of hydrogen-bond acceptors (Lipinski definition) is 3. The van der Waals surface area contributed by atoms with Crippen LogP contribution < -0.4 is 0 Å². The first kappa shape index (κ1) is 20.2. The first-order valence-electron chi connectivity index (χ1n) is 10.3. The summed E-state index contributed by atoms with van der Waals surface area (Å²) in [6.45, 7) is -0.301. The Labute approximate surface area is 189 Å². The Hall–Kier alpha value is -2.70. The zero-order valence-corrected chi connectivity index (χ0v) is 18.2. The monoisotopic (exact) mass is 455 g/mol. The van der Waals surface area contributed by atoms with Gasteiger partial charge in [0.15, 0.2) is 0 Å². The molecule has 0 spiro atoms. The molecule has 1 aliphatic rings. The summed E-state index contributed by atoms with van der Waals surface area (Å²) < 4.78 is 14.6. The lowest BCUT2D eigenvalue weighted by atomic mass is 9.97. The summed E-state index contributed by atoms with van der Waals surface area (Å²) in [7, 11) is 0. The molecule has 1 aliphatic carbocycles. The Kier molecular flexibility index (Phi) is 5.50. The molecule has 0 fully saturated rings. The standard InChI is InChI=1S/C23H20Cl2FN5/c24-16-7-9-21(19(25)12-16)31-23-17-8-6-14(3-2-10-26)11-15(17)4-1-5-18(23)22(29-31)20-13-27-30-28-20/h6-9,11-13H,1-5,10H2,(H,27,28,30). The lowest BCUT2D eigenvalue weighted by Gasteiger charge is -2.14. The number of alkyl halides is 1. The minimum atomic E-state index is -0.301. The third-order valence-electron chi connectivity index (χ3n) is 5.68. The van der Waals surface area contributed by atoms with E-state index in [0.29, 0.717) is 22.2 Å². The first-order valence-corrected chi connectivity index (χ1v) is 11.0. The molecule has 0 unspecified atom stereocenters. The Balaban J connectivity index is 1.74. The van der Waals surface area contributed by atoms with Gasteiger partial charge in [0.05, 0.1) is 29.3 Å². The summed E-state index contributed by atoms with van der Waals surface area (Å²) >= 11 is 12.7. The Morgan fingerprint density at radius 2 is 2.00 bits per heavy atom. The zero-order chi connectivity index (χ0) is 21.4. The van der Waals surface area contributed by atoms with E-state index in [0.717, 1.165) is 59.4 Å². The second-order valence-corrected chi connectivity index (χ2v) is 8.52. The van der Waals surface area contributed by atoms with Crippen LogP contribution in [-0.2, 0) is 19.3 Å². The van der Waals surface area contributed by atoms with Crippen molar-refractivity contribution in [2.75, 3.05) is 6.67 Å². The molecular weight excluding hydrogens is 436 g/mol. The van der Waals surface area contributed by atoms with Gasteiger partial charge in [-0.2, -0.15) is 20.5 Å². The van der Waals surface area contributed by atoms with Crippen LogP contribution >= 0.6 is 23.2 Å². The van der Waals surface area contributed by atoms with Gasteiger partial charge in [-0.05, 0) is 61.4 Å². The first-order chi connectivity index (χ1) is 15.2. The van der Waals surface area contributed by atoms with Gasteiger partial charge >= 0.3 is 0 Å². The van der Waals surface area contributed by atoms with Gasteiger partial charge in [0.2, 0.25) is 0 Å². The molecule has 158 valence electrons. The van der Waals surface area contributed by atoms with E-state index >= 15 is 0 Å². The van der Waals surface area contributed by atoms with Crippen molar-refractivity contribution in [1.82, 2.24) is 25.2 Å². The average Bonchev–Trinajstić information content (AvgIpc) is 3.37. The van der Waals surface area contributed by atoms with Crippen molar-refractivity contribution in [1.29, 1.82) is 0 Å². The van der Waals surface area contributed by atoms with Crippen molar-refractivity contribution < 1.29 is 4.39 Å². The third kappa shape index (κ3) is 3.75. The zero-order valence-electron chi connectivity index (χ0n) is 16.7. The van der Waals surface area contributed by atoms with E-state index in [1.807, 2.05) is 16.8 Å². The lowest BCUT2D eigenvalue weighted by molar-refractivity contribution is 0.473. The van der Waals surface area contributed by atoms with Crippen molar-refractivity contribution in [3.8, 4) is 28.3 Å². The van der Waals surface area contributed by atoms with Gasteiger partial charge in [-0.15, -0.1) is 0 Å².